The van der Waals surface area contributed by atoms with Crippen LogP contribution in [-0.4, -0.2) is 27.8 Å². The fourth-order valence-corrected chi connectivity index (χ4v) is 3.07. The third-order valence-corrected chi connectivity index (χ3v) is 4.62. The quantitative estimate of drug-likeness (QED) is 0.736. The summed E-state index contributed by atoms with van der Waals surface area (Å²) in [6.07, 6.45) is 1.92. The number of benzene rings is 2. The first kappa shape index (κ1) is 17.0. The number of rotatable bonds is 6. The van der Waals surface area contributed by atoms with Gasteiger partial charge in [0.2, 0.25) is 5.91 Å². The smallest absolute Gasteiger partial charge is 0.228 e. The maximum absolute atomic E-state index is 12.2. The lowest BCUT2D eigenvalue weighted by molar-refractivity contribution is -0.115. The standard InChI is InChI=1S/C18H18N4O2S/c1-22-12-19-21-18(22)25-15-9-7-14(8-10-15)20-17(23)11-13-5-3-4-6-16(13)24-2/h3-10,12H,11H2,1-2H3,(H,20,23). The monoisotopic (exact) mass is 354 g/mol. The highest BCUT2D eigenvalue weighted by molar-refractivity contribution is 7.99. The molecule has 0 aliphatic rings. The van der Waals surface area contributed by atoms with Gasteiger partial charge in [-0.3, -0.25) is 4.79 Å². The molecule has 0 aliphatic carbocycles. The molecule has 0 saturated carbocycles. The third-order valence-electron chi connectivity index (χ3n) is 3.56. The van der Waals surface area contributed by atoms with Gasteiger partial charge in [0.25, 0.3) is 0 Å². The van der Waals surface area contributed by atoms with Crippen LogP contribution in [0.25, 0.3) is 0 Å². The van der Waals surface area contributed by atoms with Crippen molar-refractivity contribution >= 4 is 23.4 Å². The van der Waals surface area contributed by atoms with E-state index >= 15 is 0 Å². The molecule has 6 nitrogen and oxygen atoms in total. The number of ether oxygens (including phenoxy) is 1. The molecule has 0 radical (unpaired) electrons. The fourth-order valence-electron chi connectivity index (χ4n) is 2.30. The number of anilines is 1. The molecular formula is C18H18N4O2S. The Morgan fingerprint density at radius 2 is 1.96 bits per heavy atom. The van der Waals surface area contributed by atoms with Gasteiger partial charge in [-0.05, 0) is 42.1 Å². The van der Waals surface area contributed by atoms with E-state index in [4.69, 9.17) is 4.74 Å². The van der Waals surface area contributed by atoms with Crippen molar-refractivity contribution in [2.75, 3.05) is 12.4 Å². The van der Waals surface area contributed by atoms with E-state index in [0.29, 0.717) is 5.75 Å². The Morgan fingerprint density at radius 1 is 1.20 bits per heavy atom. The van der Waals surface area contributed by atoms with Crippen LogP contribution in [0, 0.1) is 0 Å². The summed E-state index contributed by atoms with van der Waals surface area (Å²) in [5.41, 5.74) is 1.61. The molecule has 0 bridgehead atoms. The van der Waals surface area contributed by atoms with Crippen molar-refractivity contribution in [2.45, 2.75) is 16.5 Å². The number of hydrogen-bond donors (Lipinski definition) is 1. The van der Waals surface area contributed by atoms with Gasteiger partial charge < -0.3 is 14.6 Å². The number of methoxy groups -OCH3 is 1. The molecule has 7 heteroatoms. The van der Waals surface area contributed by atoms with Gasteiger partial charge in [-0.15, -0.1) is 10.2 Å². The molecule has 3 rings (SSSR count). The number of amides is 1. The summed E-state index contributed by atoms with van der Waals surface area (Å²) >= 11 is 1.52. The molecule has 128 valence electrons. The summed E-state index contributed by atoms with van der Waals surface area (Å²) in [5, 5.41) is 11.6. The average molecular weight is 354 g/mol. The second kappa shape index (κ2) is 7.85. The zero-order valence-electron chi connectivity index (χ0n) is 14.0. The number of para-hydroxylation sites is 1. The van der Waals surface area contributed by atoms with Gasteiger partial charge in [0.1, 0.15) is 12.1 Å². The van der Waals surface area contributed by atoms with Crippen LogP contribution in [-0.2, 0) is 18.3 Å². The second-order valence-electron chi connectivity index (χ2n) is 5.39. The first-order valence-corrected chi connectivity index (χ1v) is 8.51. The minimum atomic E-state index is -0.0850. The molecule has 25 heavy (non-hydrogen) atoms. The number of nitrogens with one attached hydrogen (secondary N) is 1. The largest absolute Gasteiger partial charge is 0.496 e. The van der Waals surface area contributed by atoms with Crippen LogP contribution in [0.15, 0.2) is 64.9 Å². The molecule has 1 N–H and O–H groups in total. The Bertz CT molecular complexity index is 862. The van der Waals surface area contributed by atoms with E-state index in [9.17, 15) is 4.79 Å². The fraction of sp³-hybridized carbons (Fsp3) is 0.167. The number of nitrogens with zero attached hydrogens (tertiary/aromatic N) is 3. The summed E-state index contributed by atoms with van der Waals surface area (Å²) in [6, 6.07) is 15.1. The van der Waals surface area contributed by atoms with Crippen LogP contribution in [0.4, 0.5) is 5.69 Å². The number of hydrogen-bond acceptors (Lipinski definition) is 5. The number of aromatic nitrogens is 3. The van der Waals surface area contributed by atoms with Crippen LogP contribution >= 0.6 is 11.8 Å². The first-order valence-electron chi connectivity index (χ1n) is 7.69. The first-order chi connectivity index (χ1) is 12.2. The lowest BCUT2D eigenvalue weighted by Gasteiger charge is -2.09. The molecular weight excluding hydrogens is 336 g/mol. The van der Waals surface area contributed by atoms with Gasteiger partial charge in [-0.25, -0.2) is 0 Å². The lowest BCUT2D eigenvalue weighted by atomic mass is 10.1. The van der Waals surface area contributed by atoms with Crippen LogP contribution in [0.1, 0.15) is 5.56 Å². The van der Waals surface area contributed by atoms with E-state index in [2.05, 4.69) is 15.5 Å². The van der Waals surface area contributed by atoms with Gasteiger partial charge in [0.05, 0.1) is 13.5 Å². The number of aryl methyl sites for hydroxylation is 1. The number of carbonyl (C=O) groups is 1. The van der Waals surface area contributed by atoms with Crippen molar-refractivity contribution < 1.29 is 9.53 Å². The molecule has 0 aliphatic heterocycles. The highest BCUT2D eigenvalue weighted by atomic mass is 32.2. The predicted octanol–water partition coefficient (Wildman–Crippen LogP) is 3.16. The van der Waals surface area contributed by atoms with Crippen LogP contribution in [0.2, 0.25) is 0 Å². The summed E-state index contributed by atoms with van der Waals surface area (Å²) in [5.74, 6) is 0.631. The Morgan fingerprint density at radius 3 is 2.64 bits per heavy atom. The van der Waals surface area contributed by atoms with E-state index in [0.717, 1.165) is 21.3 Å². The zero-order chi connectivity index (χ0) is 17.6. The molecule has 1 aromatic heterocycles. The highest BCUT2D eigenvalue weighted by Gasteiger charge is 2.09. The zero-order valence-corrected chi connectivity index (χ0v) is 14.8. The van der Waals surface area contributed by atoms with E-state index in [1.807, 2.05) is 60.1 Å². The minimum absolute atomic E-state index is 0.0850. The highest BCUT2D eigenvalue weighted by Crippen LogP contribution is 2.26. The predicted molar refractivity (Wildman–Crippen MR) is 96.9 cm³/mol. The SMILES string of the molecule is COc1ccccc1CC(=O)Nc1ccc(Sc2nncn2C)cc1. The van der Waals surface area contributed by atoms with Gasteiger partial charge in [0.15, 0.2) is 5.16 Å². The summed E-state index contributed by atoms with van der Waals surface area (Å²) < 4.78 is 7.13. The summed E-state index contributed by atoms with van der Waals surface area (Å²) in [7, 11) is 3.50. The van der Waals surface area contributed by atoms with E-state index in [-0.39, 0.29) is 12.3 Å². The van der Waals surface area contributed by atoms with Crippen LogP contribution in [0.3, 0.4) is 0 Å². The average Bonchev–Trinajstić information content (AvgIpc) is 3.02. The van der Waals surface area contributed by atoms with Crippen molar-refractivity contribution in [1.29, 1.82) is 0 Å². The van der Waals surface area contributed by atoms with Crippen molar-refractivity contribution in [3.63, 3.8) is 0 Å². The topological polar surface area (TPSA) is 69.0 Å². The Hall–Kier alpha value is -2.80. The normalized spacial score (nSPS) is 10.5. The van der Waals surface area contributed by atoms with Crippen molar-refractivity contribution in [3.8, 4) is 5.75 Å². The summed E-state index contributed by atoms with van der Waals surface area (Å²) in [4.78, 5) is 13.3. The molecule has 0 spiro atoms. The molecule has 1 heterocycles. The van der Waals surface area contributed by atoms with Gasteiger partial charge >= 0.3 is 0 Å². The molecule has 0 atom stereocenters. The van der Waals surface area contributed by atoms with Crippen LogP contribution < -0.4 is 10.1 Å². The molecule has 0 saturated heterocycles. The second-order valence-corrected chi connectivity index (χ2v) is 6.43. The minimum Gasteiger partial charge on any atom is -0.496 e. The third kappa shape index (κ3) is 4.39. The van der Waals surface area contributed by atoms with Crippen molar-refractivity contribution in [1.82, 2.24) is 14.8 Å². The summed E-state index contributed by atoms with van der Waals surface area (Å²) in [6.45, 7) is 0. The van der Waals surface area contributed by atoms with Gasteiger partial charge in [-0.2, -0.15) is 0 Å². The number of carbonyl (C=O) groups excluding carboxylic acids is 1. The molecule has 2 aromatic carbocycles. The van der Waals surface area contributed by atoms with Crippen LogP contribution in [0.5, 0.6) is 5.75 Å². The Labute approximate surface area is 150 Å². The van der Waals surface area contributed by atoms with Gasteiger partial charge in [0, 0.05) is 23.2 Å². The van der Waals surface area contributed by atoms with E-state index in [1.165, 1.54) is 11.8 Å². The van der Waals surface area contributed by atoms with Crippen molar-refractivity contribution in [3.05, 3.63) is 60.4 Å². The molecule has 0 fully saturated rings. The maximum Gasteiger partial charge on any atom is 0.228 e. The van der Waals surface area contributed by atoms with E-state index < -0.39 is 0 Å². The lowest BCUT2D eigenvalue weighted by Crippen LogP contribution is -2.14. The van der Waals surface area contributed by atoms with Gasteiger partial charge in [-0.1, -0.05) is 18.2 Å². The molecule has 1 amide bonds. The molecule has 0 unspecified atom stereocenters. The Kier molecular flexibility index (Phi) is 5.35. The van der Waals surface area contributed by atoms with Crippen molar-refractivity contribution in [2.24, 2.45) is 7.05 Å². The Balaban J connectivity index is 1.61. The van der Waals surface area contributed by atoms with E-state index in [1.54, 1.807) is 13.4 Å². The molecule has 3 aromatic rings. The maximum atomic E-state index is 12.2.